The van der Waals surface area contributed by atoms with Crippen molar-refractivity contribution in [1.82, 2.24) is 34.6 Å². The van der Waals surface area contributed by atoms with E-state index in [0.29, 0.717) is 11.5 Å². The summed E-state index contributed by atoms with van der Waals surface area (Å²) in [6.07, 6.45) is 6.58. The zero-order valence-corrected chi connectivity index (χ0v) is 19.7. The van der Waals surface area contributed by atoms with Gasteiger partial charge in [-0.2, -0.15) is 14.6 Å². The third-order valence-electron chi connectivity index (χ3n) is 6.55. The molecule has 0 bridgehead atoms. The predicted octanol–water partition coefficient (Wildman–Crippen LogP) is 3.41. The molecule has 11 heteroatoms. The maximum atomic E-state index is 13.9. The van der Waals surface area contributed by atoms with Gasteiger partial charge in [-0.1, -0.05) is 18.2 Å². The van der Waals surface area contributed by atoms with E-state index in [0.717, 1.165) is 36.0 Å². The van der Waals surface area contributed by atoms with Crippen LogP contribution in [0, 0.1) is 5.82 Å². The average molecular weight is 487 g/mol. The molecule has 0 saturated heterocycles. The van der Waals surface area contributed by atoms with Crippen molar-refractivity contribution >= 4 is 28.4 Å². The van der Waals surface area contributed by atoms with Crippen molar-refractivity contribution in [2.24, 2.45) is 0 Å². The number of carbonyl (C=O) groups is 1. The number of aromatic amines is 1. The number of pyridine rings is 1. The predicted molar refractivity (Wildman–Crippen MR) is 131 cm³/mol. The van der Waals surface area contributed by atoms with E-state index in [2.05, 4.69) is 42.5 Å². The molecule has 1 aromatic carbocycles. The van der Waals surface area contributed by atoms with Gasteiger partial charge in [0.1, 0.15) is 11.4 Å². The normalized spacial score (nSPS) is 15.2. The summed E-state index contributed by atoms with van der Waals surface area (Å²) in [6, 6.07) is 9.66. The van der Waals surface area contributed by atoms with Crippen molar-refractivity contribution in [3.63, 3.8) is 0 Å². The number of nitrogens with zero attached hydrogens (tertiary/aromatic N) is 6. The summed E-state index contributed by atoms with van der Waals surface area (Å²) in [5.74, 6) is -0.281. The number of amides is 1. The fourth-order valence-electron chi connectivity index (χ4n) is 4.71. The summed E-state index contributed by atoms with van der Waals surface area (Å²) in [5, 5.41) is 10.2. The van der Waals surface area contributed by atoms with Gasteiger partial charge >= 0.3 is 0 Å². The van der Waals surface area contributed by atoms with E-state index in [4.69, 9.17) is 4.84 Å². The van der Waals surface area contributed by atoms with Crippen LogP contribution in [0.5, 0.6) is 0 Å². The lowest BCUT2D eigenvalue weighted by atomic mass is 9.91. The Bertz CT molecular complexity index is 1610. The van der Waals surface area contributed by atoms with Crippen LogP contribution >= 0.6 is 0 Å². The summed E-state index contributed by atoms with van der Waals surface area (Å²) in [7, 11) is 2.90. The van der Waals surface area contributed by atoms with Gasteiger partial charge in [0.15, 0.2) is 11.5 Å². The number of aryl methyl sites for hydroxylation is 1. The molecule has 1 aliphatic carbocycles. The van der Waals surface area contributed by atoms with Crippen LogP contribution in [0.1, 0.15) is 28.0 Å². The summed E-state index contributed by atoms with van der Waals surface area (Å²) in [6.45, 7) is 0. The molecular formula is C25H23FN8O2. The molecule has 0 fully saturated rings. The lowest BCUT2D eigenvalue weighted by Gasteiger charge is -2.24. The highest BCUT2D eigenvalue weighted by atomic mass is 19.1. The third kappa shape index (κ3) is 3.73. The summed E-state index contributed by atoms with van der Waals surface area (Å²) < 4.78 is 15.4. The number of nitrogens with one attached hydrogen (secondary N) is 2. The minimum Gasteiger partial charge on any atom is -0.358 e. The second-order valence-electron chi connectivity index (χ2n) is 8.75. The zero-order valence-electron chi connectivity index (χ0n) is 19.7. The van der Waals surface area contributed by atoms with Crippen molar-refractivity contribution in [3.8, 4) is 11.4 Å². The number of carbonyl (C=O) groups excluding carboxylic acids is 1. The first-order valence-corrected chi connectivity index (χ1v) is 11.6. The molecule has 6 rings (SSSR count). The molecule has 2 N–H and O–H groups in total. The Labute approximate surface area is 205 Å². The van der Waals surface area contributed by atoms with Gasteiger partial charge in [0.05, 0.1) is 19.5 Å². The van der Waals surface area contributed by atoms with E-state index in [1.54, 1.807) is 0 Å². The first-order valence-electron chi connectivity index (χ1n) is 11.6. The Hall–Kier alpha value is -4.38. The second kappa shape index (κ2) is 8.68. The Morgan fingerprint density at radius 1 is 1.25 bits per heavy atom. The number of fused-ring (bicyclic) bond motifs is 4. The molecule has 0 saturated carbocycles. The molecule has 4 heterocycles. The van der Waals surface area contributed by atoms with Gasteiger partial charge in [0.2, 0.25) is 5.95 Å². The summed E-state index contributed by atoms with van der Waals surface area (Å²) in [5.41, 5.74) is 4.58. The Kier molecular flexibility index (Phi) is 5.33. The van der Waals surface area contributed by atoms with Crippen molar-refractivity contribution in [2.75, 3.05) is 19.5 Å². The Morgan fingerprint density at radius 2 is 2.11 bits per heavy atom. The highest BCUT2D eigenvalue weighted by molar-refractivity contribution is 5.99. The number of anilines is 1. The zero-order chi connectivity index (χ0) is 24.8. The quantitative estimate of drug-likeness (QED) is 0.366. The first kappa shape index (κ1) is 22.1. The highest BCUT2D eigenvalue weighted by Gasteiger charge is 2.26. The standard InChI is InChI=1S/C25H23FN8O2/c1-33(36-2)24(35)19-13-28-34-23(19)31-22(14-9-15(26)12-27-11-14)32-25(34)29-16-7-8-21-18(10-16)17-5-3-4-6-20(17)30-21/h3-6,9,11-13,16,30H,7-8,10H2,1-2H3,(H,29,31,32). The maximum Gasteiger partial charge on any atom is 0.282 e. The van der Waals surface area contributed by atoms with Crippen LogP contribution in [0.2, 0.25) is 0 Å². The van der Waals surface area contributed by atoms with Crippen LogP contribution in [0.25, 0.3) is 27.9 Å². The molecule has 0 aliphatic heterocycles. The highest BCUT2D eigenvalue weighted by Crippen LogP contribution is 2.30. The summed E-state index contributed by atoms with van der Waals surface area (Å²) >= 11 is 0. The molecule has 1 amide bonds. The fourth-order valence-corrected chi connectivity index (χ4v) is 4.71. The third-order valence-corrected chi connectivity index (χ3v) is 6.55. The van der Waals surface area contributed by atoms with Gasteiger partial charge in [-0.3, -0.25) is 14.6 Å². The van der Waals surface area contributed by atoms with E-state index in [1.165, 1.54) is 53.8 Å². The van der Waals surface area contributed by atoms with Crippen LogP contribution in [-0.4, -0.2) is 60.7 Å². The topological polar surface area (TPSA) is 113 Å². The first-order chi connectivity index (χ1) is 17.5. The van der Waals surface area contributed by atoms with Crippen molar-refractivity contribution in [1.29, 1.82) is 0 Å². The summed E-state index contributed by atoms with van der Waals surface area (Å²) in [4.78, 5) is 34.6. The maximum absolute atomic E-state index is 13.9. The van der Waals surface area contributed by atoms with Crippen LogP contribution in [0.15, 0.2) is 48.9 Å². The molecule has 182 valence electrons. The Balaban J connectivity index is 1.42. The number of H-pyrrole nitrogens is 1. The number of halogens is 1. The van der Waals surface area contributed by atoms with E-state index in [9.17, 15) is 9.18 Å². The molecule has 1 atom stereocenters. The van der Waals surface area contributed by atoms with Gasteiger partial charge in [0, 0.05) is 41.4 Å². The fraction of sp³-hybridized carbons (Fsp3) is 0.240. The molecule has 1 unspecified atom stereocenters. The Morgan fingerprint density at radius 3 is 2.94 bits per heavy atom. The lowest BCUT2D eigenvalue weighted by molar-refractivity contribution is -0.0755. The molecule has 0 radical (unpaired) electrons. The molecule has 10 nitrogen and oxygen atoms in total. The monoisotopic (exact) mass is 486 g/mol. The number of aromatic nitrogens is 6. The lowest BCUT2D eigenvalue weighted by Crippen LogP contribution is -2.29. The average Bonchev–Trinajstić information content (AvgIpc) is 3.49. The number of rotatable bonds is 5. The number of hydroxylamine groups is 2. The van der Waals surface area contributed by atoms with Crippen LogP contribution < -0.4 is 5.32 Å². The van der Waals surface area contributed by atoms with E-state index in [-0.39, 0.29) is 23.1 Å². The van der Waals surface area contributed by atoms with Gasteiger partial charge in [0.25, 0.3) is 5.91 Å². The van der Waals surface area contributed by atoms with Crippen molar-refractivity contribution in [3.05, 3.63) is 71.6 Å². The minimum absolute atomic E-state index is 0.0679. The number of benzene rings is 1. The van der Waals surface area contributed by atoms with E-state index in [1.807, 2.05) is 12.1 Å². The largest absolute Gasteiger partial charge is 0.358 e. The molecule has 4 aromatic heterocycles. The molecule has 0 spiro atoms. The molecule has 5 aromatic rings. The smallest absolute Gasteiger partial charge is 0.282 e. The van der Waals surface area contributed by atoms with Crippen LogP contribution in [0.3, 0.4) is 0 Å². The van der Waals surface area contributed by atoms with Gasteiger partial charge < -0.3 is 10.3 Å². The molecular weight excluding hydrogens is 463 g/mol. The van der Waals surface area contributed by atoms with Crippen LogP contribution in [-0.2, 0) is 17.7 Å². The van der Waals surface area contributed by atoms with Gasteiger partial charge in [-0.25, -0.2) is 14.4 Å². The number of hydrogen-bond donors (Lipinski definition) is 2. The van der Waals surface area contributed by atoms with E-state index < -0.39 is 11.7 Å². The number of para-hydroxylation sites is 1. The molecule has 1 aliphatic rings. The van der Waals surface area contributed by atoms with Crippen LogP contribution in [0.4, 0.5) is 10.3 Å². The van der Waals surface area contributed by atoms with Gasteiger partial charge in [-0.15, -0.1) is 0 Å². The molecule has 36 heavy (non-hydrogen) atoms. The number of hydrogen-bond acceptors (Lipinski definition) is 7. The van der Waals surface area contributed by atoms with Crippen molar-refractivity contribution < 1.29 is 14.0 Å². The van der Waals surface area contributed by atoms with Crippen molar-refractivity contribution in [2.45, 2.75) is 25.3 Å². The second-order valence-corrected chi connectivity index (χ2v) is 8.75. The minimum atomic E-state index is -0.506. The van der Waals surface area contributed by atoms with E-state index >= 15 is 0 Å². The SMILES string of the molecule is CON(C)C(=O)c1cnn2c(NC3CCc4[nH]c5ccccc5c4C3)nc(-c3cncc(F)c3)nc12. The van der Waals surface area contributed by atoms with Gasteiger partial charge in [-0.05, 0) is 37.0 Å².